The van der Waals surface area contributed by atoms with Gasteiger partial charge in [0.15, 0.2) is 0 Å². The highest BCUT2D eigenvalue weighted by molar-refractivity contribution is 8.14. The lowest BCUT2D eigenvalue weighted by Gasteiger charge is -2.16. The van der Waals surface area contributed by atoms with Crippen LogP contribution in [-0.2, 0) is 22.4 Å². The minimum Gasteiger partial charge on any atom is -0.462 e. The van der Waals surface area contributed by atoms with Crippen LogP contribution in [0.25, 0.3) is 0 Å². The zero-order valence-electron chi connectivity index (χ0n) is 16.3. The van der Waals surface area contributed by atoms with Gasteiger partial charge in [-0.25, -0.2) is 14.6 Å². The average Bonchev–Trinajstić information content (AvgIpc) is 3.30. The van der Waals surface area contributed by atoms with Crippen molar-refractivity contribution in [3.63, 3.8) is 0 Å². The molecule has 1 aromatic heterocycles. The Balaban J connectivity index is 1.45. The lowest BCUT2D eigenvalue weighted by atomic mass is 9.95. The monoisotopic (exact) mass is 433 g/mol. The standard InChI is InChI=1S/C20H23N3O4S2/c1-2-27-19(25)16-12-6-3-4-9-14(12)29-18(16)22-15(24)10-28-17-11-7-5-8-13(11)21-20(26)23-17/h11H,2-10H2,1H3,(H,22,24). The Morgan fingerprint density at radius 3 is 2.86 bits per heavy atom. The molecule has 1 saturated carbocycles. The maximum atomic E-state index is 12.6. The van der Waals surface area contributed by atoms with E-state index in [1.807, 2.05) is 0 Å². The van der Waals surface area contributed by atoms with Gasteiger partial charge in [0.25, 0.3) is 0 Å². The van der Waals surface area contributed by atoms with Crippen molar-refractivity contribution in [2.75, 3.05) is 17.7 Å². The number of ether oxygens (including phenoxy) is 1. The molecule has 1 aliphatic heterocycles. The normalized spacial score (nSPS) is 20.4. The maximum absolute atomic E-state index is 12.6. The molecule has 9 heteroatoms. The van der Waals surface area contributed by atoms with Gasteiger partial charge < -0.3 is 10.1 Å². The molecule has 0 radical (unpaired) electrons. The number of carbonyl (C=O) groups excluding carboxylic acids is 3. The summed E-state index contributed by atoms with van der Waals surface area (Å²) in [4.78, 5) is 46.0. The van der Waals surface area contributed by atoms with E-state index in [-0.39, 0.29) is 23.5 Å². The van der Waals surface area contributed by atoms with Gasteiger partial charge in [0.1, 0.15) is 5.00 Å². The van der Waals surface area contributed by atoms with Crippen LogP contribution in [0.4, 0.5) is 9.80 Å². The van der Waals surface area contributed by atoms with Crippen LogP contribution in [0, 0.1) is 5.92 Å². The largest absolute Gasteiger partial charge is 0.462 e. The number of fused-ring (bicyclic) bond motifs is 2. The summed E-state index contributed by atoms with van der Waals surface area (Å²) in [5.41, 5.74) is 2.43. The number of nitrogens with one attached hydrogen (secondary N) is 1. The zero-order chi connectivity index (χ0) is 20.4. The van der Waals surface area contributed by atoms with Gasteiger partial charge in [-0.2, -0.15) is 4.99 Å². The van der Waals surface area contributed by atoms with Gasteiger partial charge in [-0.1, -0.05) is 11.8 Å². The molecule has 1 aromatic rings. The fraction of sp³-hybridized carbons (Fsp3) is 0.550. The minimum atomic E-state index is -0.475. The van der Waals surface area contributed by atoms with Crippen molar-refractivity contribution in [1.29, 1.82) is 0 Å². The van der Waals surface area contributed by atoms with Crippen molar-refractivity contribution in [1.82, 2.24) is 0 Å². The van der Waals surface area contributed by atoms with Crippen molar-refractivity contribution in [2.24, 2.45) is 15.9 Å². The molecule has 3 amide bonds. The number of aliphatic imine (C=N–C) groups is 2. The van der Waals surface area contributed by atoms with Gasteiger partial charge in [-0.15, -0.1) is 11.3 Å². The number of urea groups is 1. The van der Waals surface area contributed by atoms with E-state index in [9.17, 15) is 14.4 Å². The number of esters is 1. The molecule has 2 heterocycles. The number of hydrogen-bond acceptors (Lipinski definition) is 6. The molecule has 0 spiro atoms. The van der Waals surface area contributed by atoms with E-state index >= 15 is 0 Å². The molecular weight excluding hydrogens is 410 g/mol. The summed E-state index contributed by atoms with van der Waals surface area (Å²) in [7, 11) is 0. The lowest BCUT2D eigenvalue weighted by Crippen LogP contribution is -2.24. The molecule has 29 heavy (non-hydrogen) atoms. The molecule has 154 valence electrons. The van der Waals surface area contributed by atoms with E-state index in [1.165, 1.54) is 23.1 Å². The molecule has 0 saturated heterocycles. The molecule has 0 aromatic carbocycles. The van der Waals surface area contributed by atoms with E-state index < -0.39 is 6.03 Å². The third-order valence-corrected chi connectivity index (χ3v) is 7.61. The van der Waals surface area contributed by atoms with Gasteiger partial charge in [0, 0.05) is 16.5 Å². The van der Waals surface area contributed by atoms with Crippen molar-refractivity contribution in [2.45, 2.75) is 51.9 Å². The number of rotatable bonds is 5. The third kappa shape index (κ3) is 4.30. The zero-order valence-corrected chi connectivity index (χ0v) is 17.9. The first-order chi connectivity index (χ1) is 14.1. The average molecular weight is 434 g/mol. The Hall–Kier alpha value is -2.00. The molecule has 4 rings (SSSR count). The second-order valence-electron chi connectivity index (χ2n) is 7.25. The first-order valence-electron chi connectivity index (χ1n) is 10.0. The fourth-order valence-corrected chi connectivity index (χ4v) is 6.30. The van der Waals surface area contributed by atoms with Crippen molar-refractivity contribution >= 4 is 56.8 Å². The highest BCUT2D eigenvalue weighted by atomic mass is 32.2. The molecule has 1 unspecified atom stereocenters. The van der Waals surface area contributed by atoms with Crippen LogP contribution >= 0.6 is 23.1 Å². The maximum Gasteiger partial charge on any atom is 0.367 e. The summed E-state index contributed by atoms with van der Waals surface area (Å²) < 4.78 is 5.23. The number of carbonyl (C=O) groups is 3. The second kappa shape index (κ2) is 8.79. The quantitative estimate of drug-likeness (QED) is 0.700. The van der Waals surface area contributed by atoms with E-state index in [4.69, 9.17) is 4.74 Å². The van der Waals surface area contributed by atoms with Crippen LogP contribution in [0.5, 0.6) is 0 Å². The van der Waals surface area contributed by atoms with Gasteiger partial charge in [-0.3, -0.25) is 4.79 Å². The number of anilines is 1. The molecule has 1 N–H and O–H groups in total. The lowest BCUT2D eigenvalue weighted by molar-refractivity contribution is -0.113. The third-order valence-electron chi connectivity index (χ3n) is 5.33. The van der Waals surface area contributed by atoms with E-state index in [0.29, 0.717) is 22.2 Å². The molecule has 1 fully saturated rings. The number of thiophene rings is 1. The van der Waals surface area contributed by atoms with Gasteiger partial charge in [-0.05, 0) is 57.4 Å². The van der Waals surface area contributed by atoms with Crippen LogP contribution in [-0.4, -0.2) is 41.0 Å². The Kier molecular flexibility index (Phi) is 6.15. The predicted octanol–water partition coefficient (Wildman–Crippen LogP) is 4.25. The molecular formula is C20H23N3O4S2. The summed E-state index contributed by atoms with van der Waals surface area (Å²) in [6, 6.07) is -0.475. The van der Waals surface area contributed by atoms with E-state index in [1.54, 1.807) is 6.92 Å². The van der Waals surface area contributed by atoms with Crippen LogP contribution in [0.15, 0.2) is 9.98 Å². The van der Waals surface area contributed by atoms with Crippen LogP contribution in [0.2, 0.25) is 0 Å². The number of nitrogens with zero attached hydrogens (tertiary/aromatic N) is 2. The summed E-state index contributed by atoms with van der Waals surface area (Å²) in [6.45, 7) is 2.07. The molecule has 2 aliphatic carbocycles. The highest BCUT2D eigenvalue weighted by Gasteiger charge is 2.32. The Morgan fingerprint density at radius 2 is 2.03 bits per heavy atom. The number of aryl methyl sites for hydroxylation is 1. The summed E-state index contributed by atoms with van der Waals surface area (Å²) >= 11 is 2.77. The summed E-state index contributed by atoms with van der Waals surface area (Å²) in [5.74, 6) is -0.365. The first-order valence-corrected chi connectivity index (χ1v) is 11.8. The molecule has 1 atom stereocenters. The topological polar surface area (TPSA) is 97.2 Å². The van der Waals surface area contributed by atoms with Crippen LogP contribution in [0.3, 0.4) is 0 Å². The van der Waals surface area contributed by atoms with Crippen LogP contribution in [0.1, 0.15) is 59.8 Å². The highest BCUT2D eigenvalue weighted by Crippen LogP contribution is 2.39. The van der Waals surface area contributed by atoms with Crippen molar-refractivity contribution in [3.8, 4) is 0 Å². The minimum absolute atomic E-state index is 0.0784. The van der Waals surface area contributed by atoms with Crippen molar-refractivity contribution in [3.05, 3.63) is 16.0 Å². The SMILES string of the molecule is CCOC(=O)c1c(NC(=O)CSC2=NC(=O)N=C3CCCC32)sc2c1CCCC2. The molecule has 3 aliphatic rings. The van der Waals surface area contributed by atoms with Gasteiger partial charge >= 0.3 is 12.0 Å². The Bertz CT molecular complexity index is 919. The predicted molar refractivity (Wildman–Crippen MR) is 116 cm³/mol. The fourth-order valence-electron chi connectivity index (χ4n) is 4.06. The molecule has 7 nitrogen and oxygen atoms in total. The number of amides is 3. The van der Waals surface area contributed by atoms with Crippen molar-refractivity contribution < 1.29 is 19.1 Å². The summed E-state index contributed by atoms with van der Waals surface area (Å²) in [6.07, 6.45) is 6.64. The van der Waals surface area contributed by atoms with Crippen LogP contribution < -0.4 is 5.32 Å². The smallest absolute Gasteiger partial charge is 0.367 e. The Morgan fingerprint density at radius 1 is 1.21 bits per heavy atom. The van der Waals surface area contributed by atoms with E-state index in [2.05, 4.69) is 15.3 Å². The first kappa shape index (κ1) is 20.3. The van der Waals surface area contributed by atoms with Gasteiger partial charge in [0.2, 0.25) is 5.91 Å². The van der Waals surface area contributed by atoms with Gasteiger partial charge in [0.05, 0.1) is 23.0 Å². The molecule has 0 bridgehead atoms. The summed E-state index contributed by atoms with van der Waals surface area (Å²) in [5, 5.41) is 4.16. The van der Waals surface area contributed by atoms with E-state index in [0.717, 1.165) is 61.1 Å². The number of thioether (sulfide) groups is 1. The second-order valence-corrected chi connectivity index (χ2v) is 9.35. The Labute approximate surface area is 177 Å². The number of hydrogen-bond donors (Lipinski definition) is 1.